The van der Waals surface area contributed by atoms with Crippen molar-refractivity contribution in [1.82, 2.24) is 0 Å². The van der Waals surface area contributed by atoms with E-state index in [0.717, 1.165) is 22.0 Å². The van der Waals surface area contributed by atoms with Gasteiger partial charge in [0.15, 0.2) is 0 Å². The molecule has 2 fully saturated rings. The first kappa shape index (κ1) is 8.97. The summed E-state index contributed by atoms with van der Waals surface area (Å²) in [5.41, 5.74) is 0. The van der Waals surface area contributed by atoms with E-state index in [-0.39, 0.29) is 0 Å². The third-order valence-electron chi connectivity index (χ3n) is 2.72. The normalized spacial score (nSPS) is 32.4. The minimum absolute atomic E-state index is 0.728. The molecule has 2 rings (SSSR count). The Hall–Kier alpha value is 0.400. The summed E-state index contributed by atoms with van der Waals surface area (Å²) in [6.07, 6.45) is 5.00. The van der Waals surface area contributed by atoms with Gasteiger partial charge in [-0.05, 0) is 0 Å². The molecule has 1 unspecified atom stereocenters. The van der Waals surface area contributed by atoms with Crippen LogP contribution in [0.3, 0.4) is 0 Å². The Morgan fingerprint density at radius 3 is 2.67 bits per heavy atom. The molecule has 1 heterocycles. The van der Waals surface area contributed by atoms with Crippen LogP contribution in [0.15, 0.2) is 0 Å². The van der Waals surface area contributed by atoms with Crippen LogP contribution < -0.4 is 0 Å². The second kappa shape index (κ2) is 3.64. The van der Waals surface area contributed by atoms with E-state index < -0.39 is 19.8 Å². The number of carbonyl (C=O) groups excluding carboxylic acids is 1. The maximum atomic E-state index is 11.7. The van der Waals surface area contributed by atoms with Gasteiger partial charge in [-0.2, -0.15) is 0 Å². The van der Waals surface area contributed by atoms with Crippen molar-refractivity contribution in [2.75, 3.05) is 8.86 Å². The Bertz CT molecular complexity index is 186. The number of hydrogen-bond acceptors (Lipinski definition) is 1. The average molecular weight is 280 g/mol. The third-order valence-corrected chi connectivity index (χ3v) is 9.36. The molecule has 0 amide bonds. The summed E-state index contributed by atoms with van der Waals surface area (Å²) in [5, 5.41) is 0. The van der Waals surface area contributed by atoms with Gasteiger partial charge in [0, 0.05) is 0 Å². The second-order valence-electron chi connectivity index (χ2n) is 4.20. The fourth-order valence-electron chi connectivity index (χ4n) is 1.64. The van der Waals surface area contributed by atoms with Crippen LogP contribution in [0.2, 0.25) is 0 Å². The molecular formula is C10H17IO. The van der Waals surface area contributed by atoms with E-state index in [9.17, 15) is 4.79 Å². The molecule has 0 N–H and O–H groups in total. The van der Waals surface area contributed by atoms with Crippen molar-refractivity contribution in [2.45, 2.75) is 32.6 Å². The number of halogens is 1. The van der Waals surface area contributed by atoms with Crippen molar-refractivity contribution in [3.63, 3.8) is 0 Å². The topological polar surface area (TPSA) is 17.1 Å². The minimum atomic E-state index is -1.06. The van der Waals surface area contributed by atoms with Crippen LogP contribution in [0.25, 0.3) is 0 Å². The van der Waals surface area contributed by atoms with Crippen molar-refractivity contribution >= 4 is 23.6 Å². The molecule has 1 aliphatic carbocycles. The van der Waals surface area contributed by atoms with Crippen molar-refractivity contribution in [2.24, 2.45) is 11.8 Å². The summed E-state index contributed by atoms with van der Waals surface area (Å²) in [6, 6.07) is 0. The van der Waals surface area contributed by atoms with E-state index in [0.29, 0.717) is 0 Å². The summed E-state index contributed by atoms with van der Waals surface area (Å²) in [5.74, 6) is 1.70. The molecule has 0 spiro atoms. The molecule has 1 nitrogen and oxygen atoms in total. The van der Waals surface area contributed by atoms with Crippen molar-refractivity contribution in [3.05, 3.63) is 0 Å². The van der Waals surface area contributed by atoms with Crippen LogP contribution in [-0.4, -0.2) is 12.6 Å². The van der Waals surface area contributed by atoms with Crippen LogP contribution in [0, 0.1) is 11.8 Å². The molecule has 1 aliphatic heterocycles. The molecule has 0 radical (unpaired) electrons. The quantitative estimate of drug-likeness (QED) is 0.441. The summed E-state index contributed by atoms with van der Waals surface area (Å²) in [6.45, 7) is 2.31. The molecule has 2 aliphatic rings. The average Bonchev–Trinajstić information content (AvgIpc) is 2.72. The van der Waals surface area contributed by atoms with E-state index >= 15 is 0 Å². The summed E-state index contributed by atoms with van der Waals surface area (Å²) < 4.78 is 3.39. The number of hydrogen-bond donors (Lipinski definition) is 0. The Morgan fingerprint density at radius 1 is 1.42 bits per heavy atom. The van der Waals surface area contributed by atoms with Crippen LogP contribution in [-0.2, 0) is 4.79 Å². The summed E-state index contributed by atoms with van der Waals surface area (Å²) >= 11 is -1.06. The molecule has 1 atom stereocenters. The Labute approximate surface area is 81.7 Å². The molecule has 0 aromatic heterocycles. The van der Waals surface area contributed by atoms with Gasteiger partial charge in [0.2, 0.25) is 0 Å². The molecule has 0 aromatic rings. The predicted molar refractivity (Wildman–Crippen MR) is 59.9 cm³/mol. The van der Waals surface area contributed by atoms with Gasteiger partial charge in [-0.15, -0.1) is 0 Å². The van der Waals surface area contributed by atoms with Gasteiger partial charge in [0.1, 0.15) is 0 Å². The first-order chi connectivity index (χ1) is 5.75. The van der Waals surface area contributed by atoms with Gasteiger partial charge in [-0.1, -0.05) is 0 Å². The van der Waals surface area contributed by atoms with E-state index in [2.05, 4.69) is 6.92 Å². The molecular weight excluding hydrogens is 263 g/mol. The Kier molecular flexibility index (Phi) is 2.72. The van der Waals surface area contributed by atoms with E-state index in [4.69, 9.17) is 0 Å². The fraction of sp³-hybridized carbons (Fsp3) is 0.900. The van der Waals surface area contributed by atoms with Gasteiger partial charge < -0.3 is 0 Å². The van der Waals surface area contributed by atoms with Gasteiger partial charge in [0.25, 0.3) is 0 Å². The second-order valence-corrected chi connectivity index (χ2v) is 9.96. The van der Waals surface area contributed by atoms with E-state index in [1.807, 2.05) is 0 Å². The standard InChI is InChI=1S/C10H17IO/c1-8-4-5-11(7-8)10(12)6-9-2-3-9/h8-9H,2-7H2,1H3. The summed E-state index contributed by atoms with van der Waals surface area (Å²) in [4.78, 5) is 11.7. The molecule has 0 bridgehead atoms. The van der Waals surface area contributed by atoms with Crippen LogP contribution in [0.5, 0.6) is 0 Å². The maximum absolute atomic E-state index is 11.7. The fourth-order valence-corrected chi connectivity index (χ4v) is 8.49. The van der Waals surface area contributed by atoms with Gasteiger partial charge in [-0.25, -0.2) is 0 Å². The van der Waals surface area contributed by atoms with Crippen molar-refractivity contribution in [1.29, 1.82) is 0 Å². The predicted octanol–water partition coefficient (Wildman–Crippen LogP) is 2.86. The van der Waals surface area contributed by atoms with Crippen LogP contribution >= 0.6 is 19.8 Å². The first-order valence-corrected chi connectivity index (χ1v) is 9.03. The molecule has 12 heavy (non-hydrogen) atoms. The van der Waals surface area contributed by atoms with Gasteiger partial charge in [-0.3, -0.25) is 0 Å². The molecule has 1 saturated heterocycles. The summed E-state index contributed by atoms with van der Waals surface area (Å²) in [7, 11) is 0. The third kappa shape index (κ3) is 2.21. The monoisotopic (exact) mass is 280 g/mol. The molecule has 1 saturated carbocycles. The molecule has 70 valence electrons. The van der Waals surface area contributed by atoms with Crippen LogP contribution in [0.4, 0.5) is 0 Å². The molecule has 0 aromatic carbocycles. The zero-order chi connectivity index (χ0) is 8.55. The van der Waals surface area contributed by atoms with Crippen molar-refractivity contribution in [3.8, 4) is 0 Å². The number of carbonyl (C=O) groups is 1. The SMILES string of the molecule is CC1CCI(C(=O)CC2CC2)C1. The number of alkyl halides is 2. The Morgan fingerprint density at radius 2 is 2.17 bits per heavy atom. The first-order valence-electron chi connectivity index (χ1n) is 4.90. The Balaban J connectivity index is 1.79. The zero-order valence-corrected chi connectivity index (χ0v) is 9.84. The zero-order valence-electron chi connectivity index (χ0n) is 7.68. The van der Waals surface area contributed by atoms with Crippen LogP contribution in [0.1, 0.15) is 32.6 Å². The van der Waals surface area contributed by atoms with Gasteiger partial charge in [0.05, 0.1) is 0 Å². The van der Waals surface area contributed by atoms with E-state index in [1.54, 1.807) is 0 Å². The molecule has 2 heteroatoms. The van der Waals surface area contributed by atoms with Gasteiger partial charge >= 0.3 is 81.7 Å². The van der Waals surface area contributed by atoms with E-state index in [1.165, 1.54) is 28.1 Å². The van der Waals surface area contributed by atoms with Crippen molar-refractivity contribution < 1.29 is 4.79 Å². The number of rotatable bonds is 3.